The minimum Gasteiger partial charge on any atom is -0.507 e. The Labute approximate surface area is 188 Å². The van der Waals surface area contributed by atoms with Gasteiger partial charge in [-0.1, -0.05) is 24.3 Å². The zero-order valence-corrected chi connectivity index (χ0v) is 18.2. The molecule has 0 saturated carbocycles. The van der Waals surface area contributed by atoms with Gasteiger partial charge in [-0.3, -0.25) is 9.59 Å². The number of carbonyl (C=O) groups excluding carboxylic acids is 2. The van der Waals surface area contributed by atoms with Gasteiger partial charge in [0.25, 0.3) is 11.7 Å². The second-order valence-corrected chi connectivity index (χ2v) is 8.13. The first-order valence-electron chi connectivity index (χ1n) is 9.74. The first kappa shape index (κ1) is 21.6. The smallest absolute Gasteiger partial charge is 0.295 e. The second kappa shape index (κ2) is 8.84. The zero-order chi connectivity index (χ0) is 22.8. The summed E-state index contributed by atoms with van der Waals surface area (Å²) in [5.74, 6) is -2.12. The summed E-state index contributed by atoms with van der Waals surface area (Å²) in [4.78, 5) is 28.5. The first-order chi connectivity index (χ1) is 15.5. The molecule has 1 aliphatic rings. The molecule has 1 fully saturated rings. The maximum absolute atomic E-state index is 14.0. The number of para-hydroxylation sites is 1. The van der Waals surface area contributed by atoms with Gasteiger partial charge < -0.3 is 19.5 Å². The minimum absolute atomic E-state index is 0.0125. The molecule has 0 spiro atoms. The summed E-state index contributed by atoms with van der Waals surface area (Å²) in [6.45, 7) is 0.169. The molecule has 1 amide bonds. The number of halogens is 1. The number of aliphatic hydroxyl groups excluding tert-OH is 1. The molecule has 8 heteroatoms. The number of carbonyl (C=O) groups is 2. The molecule has 0 aliphatic carbocycles. The number of Topliss-reactive ketones (excluding diaryl/α,β-unsaturated/α-hetero) is 1. The van der Waals surface area contributed by atoms with Crippen LogP contribution < -0.4 is 9.47 Å². The predicted molar refractivity (Wildman–Crippen MR) is 118 cm³/mol. The molecule has 2 heterocycles. The molecule has 1 unspecified atom stereocenters. The van der Waals surface area contributed by atoms with Crippen LogP contribution in [0.4, 0.5) is 4.39 Å². The molecule has 0 radical (unpaired) electrons. The third-order valence-corrected chi connectivity index (χ3v) is 6.16. The summed E-state index contributed by atoms with van der Waals surface area (Å²) in [5, 5.41) is 13.1. The topological polar surface area (TPSA) is 76.1 Å². The number of rotatable bonds is 6. The van der Waals surface area contributed by atoms with E-state index < -0.39 is 29.3 Å². The zero-order valence-electron chi connectivity index (χ0n) is 17.4. The predicted octanol–water partition coefficient (Wildman–Crippen LogP) is 4.53. The molecule has 1 saturated heterocycles. The van der Waals surface area contributed by atoms with Crippen LogP contribution in [0, 0.1) is 5.82 Å². The molecule has 1 N–H and O–H groups in total. The summed E-state index contributed by atoms with van der Waals surface area (Å²) in [6, 6.07) is 13.4. The number of likely N-dealkylation sites (tertiary alicyclic amines) is 1. The lowest BCUT2D eigenvalue weighted by Crippen LogP contribution is -2.29. The molecule has 1 aromatic heterocycles. The Morgan fingerprint density at radius 1 is 1.06 bits per heavy atom. The van der Waals surface area contributed by atoms with Crippen molar-refractivity contribution in [3.8, 4) is 11.5 Å². The van der Waals surface area contributed by atoms with Crippen LogP contribution in [0.2, 0.25) is 0 Å². The summed E-state index contributed by atoms with van der Waals surface area (Å²) in [6.07, 6.45) is 0. The lowest BCUT2D eigenvalue weighted by molar-refractivity contribution is -0.140. The van der Waals surface area contributed by atoms with Crippen molar-refractivity contribution in [1.82, 2.24) is 4.90 Å². The number of ether oxygens (including phenoxy) is 2. The lowest BCUT2D eigenvalue weighted by Gasteiger charge is -2.26. The Balaban J connectivity index is 1.95. The van der Waals surface area contributed by atoms with Crippen molar-refractivity contribution in [1.29, 1.82) is 0 Å². The largest absolute Gasteiger partial charge is 0.507 e. The van der Waals surface area contributed by atoms with Crippen molar-refractivity contribution in [2.75, 3.05) is 14.2 Å². The van der Waals surface area contributed by atoms with E-state index in [9.17, 15) is 19.1 Å². The van der Waals surface area contributed by atoms with Gasteiger partial charge in [-0.05, 0) is 35.7 Å². The Morgan fingerprint density at radius 3 is 2.50 bits per heavy atom. The van der Waals surface area contributed by atoms with Crippen LogP contribution in [-0.2, 0) is 16.1 Å². The van der Waals surface area contributed by atoms with Crippen molar-refractivity contribution in [2.24, 2.45) is 0 Å². The third-order valence-electron chi connectivity index (χ3n) is 5.30. The number of methoxy groups -OCH3 is 2. The number of ketones is 1. The van der Waals surface area contributed by atoms with Crippen molar-refractivity contribution in [2.45, 2.75) is 12.6 Å². The molecular formula is C24H20FNO5S. The van der Waals surface area contributed by atoms with Crippen molar-refractivity contribution >= 4 is 28.8 Å². The number of amides is 1. The monoisotopic (exact) mass is 453 g/mol. The average molecular weight is 453 g/mol. The highest BCUT2D eigenvalue weighted by atomic mass is 32.1. The Bertz CT molecular complexity index is 1200. The highest BCUT2D eigenvalue weighted by Gasteiger charge is 2.47. The molecule has 164 valence electrons. The Kier molecular flexibility index (Phi) is 5.96. The molecule has 3 aromatic rings. The fourth-order valence-corrected chi connectivity index (χ4v) is 4.54. The fraction of sp³-hybridized carbons (Fsp3) is 0.167. The van der Waals surface area contributed by atoms with Crippen LogP contribution in [0.1, 0.15) is 22.0 Å². The Morgan fingerprint density at radius 2 is 1.81 bits per heavy atom. The van der Waals surface area contributed by atoms with Gasteiger partial charge in [0, 0.05) is 10.4 Å². The second-order valence-electron chi connectivity index (χ2n) is 7.09. The van der Waals surface area contributed by atoms with E-state index in [1.165, 1.54) is 42.6 Å². The van der Waals surface area contributed by atoms with Crippen LogP contribution in [-0.4, -0.2) is 35.9 Å². The average Bonchev–Trinajstić information content (AvgIpc) is 3.41. The molecule has 2 aromatic carbocycles. The number of aliphatic hydroxyl groups is 1. The molecule has 32 heavy (non-hydrogen) atoms. The van der Waals surface area contributed by atoms with Gasteiger partial charge in [0.2, 0.25) is 0 Å². The van der Waals surface area contributed by atoms with E-state index in [2.05, 4.69) is 0 Å². The number of hydrogen-bond donors (Lipinski definition) is 1. The highest BCUT2D eigenvalue weighted by Crippen LogP contribution is 2.44. The van der Waals surface area contributed by atoms with Crippen LogP contribution in [0.15, 0.2) is 65.6 Å². The molecule has 4 rings (SSSR count). The Hall–Kier alpha value is -3.65. The summed E-state index contributed by atoms with van der Waals surface area (Å²) in [5.41, 5.74) is 0.365. The fourth-order valence-electron chi connectivity index (χ4n) is 3.84. The third kappa shape index (κ3) is 3.73. The molecule has 6 nitrogen and oxygen atoms in total. The van der Waals surface area contributed by atoms with Gasteiger partial charge in [0.1, 0.15) is 23.1 Å². The van der Waals surface area contributed by atoms with Crippen molar-refractivity contribution < 1.29 is 28.6 Å². The van der Waals surface area contributed by atoms with E-state index in [0.29, 0.717) is 11.3 Å². The maximum Gasteiger partial charge on any atom is 0.295 e. The molecule has 1 aliphatic heterocycles. The van der Waals surface area contributed by atoms with E-state index in [-0.39, 0.29) is 23.4 Å². The van der Waals surface area contributed by atoms with E-state index in [1.54, 1.807) is 24.3 Å². The number of benzene rings is 2. The van der Waals surface area contributed by atoms with Crippen molar-refractivity contribution in [3.63, 3.8) is 0 Å². The van der Waals surface area contributed by atoms with Gasteiger partial charge in [0.05, 0.1) is 37.9 Å². The van der Waals surface area contributed by atoms with Crippen molar-refractivity contribution in [3.05, 3.63) is 87.4 Å². The highest BCUT2D eigenvalue weighted by molar-refractivity contribution is 7.09. The lowest BCUT2D eigenvalue weighted by atomic mass is 9.94. The van der Waals surface area contributed by atoms with E-state index >= 15 is 0 Å². The number of hydrogen-bond acceptors (Lipinski definition) is 6. The number of thiophene rings is 1. The normalized spacial score (nSPS) is 17.6. The van der Waals surface area contributed by atoms with Crippen LogP contribution in [0.25, 0.3) is 5.76 Å². The molecule has 0 bridgehead atoms. The summed E-state index contributed by atoms with van der Waals surface area (Å²) >= 11 is 1.45. The number of nitrogens with zero attached hydrogens (tertiary/aromatic N) is 1. The van der Waals surface area contributed by atoms with Gasteiger partial charge in [-0.2, -0.15) is 0 Å². The standard InChI is InChI=1S/C24H20FNO5S/c1-30-18-8-4-3-7-16(18)21-20(22(27)17-12-14(25)9-10-19(17)31-2)23(28)24(29)26(21)13-15-6-5-11-32-15/h3-12,21,27H,13H2,1-2H3/b22-20+. The van der Waals surface area contributed by atoms with E-state index in [0.717, 1.165) is 10.9 Å². The van der Waals surface area contributed by atoms with Crippen LogP contribution >= 0.6 is 11.3 Å². The minimum atomic E-state index is -0.929. The van der Waals surface area contributed by atoms with E-state index in [1.807, 2.05) is 17.5 Å². The van der Waals surface area contributed by atoms with Gasteiger partial charge >= 0.3 is 0 Å². The van der Waals surface area contributed by atoms with Gasteiger partial charge in [-0.25, -0.2) is 4.39 Å². The van der Waals surface area contributed by atoms with E-state index in [4.69, 9.17) is 9.47 Å². The summed E-state index contributed by atoms with van der Waals surface area (Å²) < 4.78 is 24.7. The van der Waals surface area contributed by atoms with Crippen LogP contribution in [0.3, 0.4) is 0 Å². The van der Waals surface area contributed by atoms with Gasteiger partial charge in [0.15, 0.2) is 0 Å². The SMILES string of the molecule is COc1ccc(F)cc1/C(O)=C1\C(=O)C(=O)N(Cc2cccs2)C1c1ccccc1OC. The quantitative estimate of drug-likeness (QED) is 0.337. The van der Waals surface area contributed by atoms with Crippen LogP contribution in [0.5, 0.6) is 11.5 Å². The first-order valence-corrected chi connectivity index (χ1v) is 10.6. The summed E-state index contributed by atoms with van der Waals surface area (Å²) in [7, 11) is 2.86. The maximum atomic E-state index is 14.0. The van der Waals surface area contributed by atoms with Gasteiger partial charge in [-0.15, -0.1) is 11.3 Å². The molecular weight excluding hydrogens is 433 g/mol. The molecule has 1 atom stereocenters.